The molecule has 0 amide bonds. The molecular formula is C34H35N5Pt. The van der Waals surface area contributed by atoms with Gasteiger partial charge >= 0.3 is 0 Å². The molecule has 0 fully saturated rings. The number of anilines is 3. The van der Waals surface area contributed by atoms with E-state index in [0.717, 1.165) is 40.1 Å². The van der Waals surface area contributed by atoms with Crippen molar-refractivity contribution >= 4 is 17.3 Å². The van der Waals surface area contributed by atoms with Crippen molar-refractivity contribution in [1.29, 1.82) is 0 Å². The quantitative estimate of drug-likeness (QED) is 0.183. The van der Waals surface area contributed by atoms with Crippen LogP contribution in [0.3, 0.4) is 0 Å². The summed E-state index contributed by atoms with van der Waals surface area (Å²) >= 11 is 0. The van der Waals surface area contributed by atoms with Gasteiger partial charge in [-0.3, -0.25) is 14.9 Å². The smallest absolute Gasteiger partial charge is 0.139 e. The molecule has 40 heavy (non-hydrogen) atoms. The largest absolute Gasteiger partial charge is 0.279 e. The van der Waals surface area contributed by atoms with E-state index in [0.29, 0.717) is 0 Å². The number of hydrogen-bond donors (Lipinski definition) is 0. The van der Waals surface area contributed by atoms with Crippen molar-refractivity contribution in [1.82, 2.24) is 19.9 Å². The van der Waals surface area contributed by atoms with Gasteiger partial charge in [0, 0.05) is 39.1 Å². The van der Waals surface area contributed by atoms with E-state index in [1.807, 2.05) is 72.8 Å². The number of nitrogens with zero attached hydrogens (tertiary/aromatic N) is 5. The molecule has 0 aliphatic carbocycles. The second-order valence-electron chi connectivity index (χ2n) is 11.8. The van der Waals surface area contributed by atoms with Crippen molar-refractivity contribution in [3.8, 4) is 22.8 Å². The van der Waals surface area contributed by atoms with Gasteiger partial charge in [0.2, 0.25) is 0 Å². The molecule has 0 aliphatic heterocycles. The first-order valence-corrected chi connectivity index (χ1v) is 13.3. The standard InChI is InChI=1S/C34H35N5.Pt/c1-33(2,3)24-21-25(34(4,5)6)23-26(22-24)39(31-17-11-15-29(37-31)27-13-7-9-19-35-27)32-18-12-16-30(38-32)28-14-8-10-20-36-28;/h7-23H,1-6H3;. The normalized spacial score (nSPS) is 11.6. The van der Waals surface area contributed by atoms with Crippen LogP contribution in [0.5, 0.6) is 0 Å². The third kappa shape index (κ3) is 6.54. The van der Waals surface area contributed by atoms with Gasteiger partial charge in [-0.1, -0.05) is 71.9 Å². The Morgan fingerprint density at radius 2 is 0.925 bits per heavy atom. The Morgan fingerprint density at radius 3 is 1.30 bits per heavy atom. The van der Waals surface area contributed by atoms with E-state index in [9.17, 15) is 0 Å². The van der Waals surface area contributed by atoms with E-state index in [4.69, 9.17) is 9.97 Å². The summed E-state index contributed by atoms with van der Waals surface area (Å²) in [5, 5.41) is 0. The summed E-state index contributed by atoms with van der Waals surface area (Å²) < 4.78 is 0. The van der Waals surface area contributed by atoms with Crippen LogP contribution in [0.4, 0.5) is 17.3 Å². The van der Waals surface area contributed by atoms with Gasteiger partial charge in [0.05, 0.1) is 22.8 Å². The maximum atomic E-state index is 5.09. The number of aromatic nitrogens is 4. The summed E-state index contributed by atoms with van der Waals surface area (Å²) in [6.45, 7) is 13.5. The minimum Gasteiger partial charge on any atom is -0.279 e. The Balaban J connectivity index is 0.00000370. The first-order valence-electron chi connectivity index (χ1n) is 13.3. The van der Waals surface area contributed by atoms with Gasteiger partial charge in [0.1, 0.15) is 11.6 Å². The fraction of sp³-hybridized carbons (Fsp3) is 0.235. The van der Waals surface area contributed by atoms with Crippen molar-refractivity contribution < 1.29 is 21.1 Å². The summed E-state index contributed by atoms with van der Waals surface area (Å²) in [6.07, 6.45) is 3.59. The molecule has 0 aliphatic rings. The number of benzene rings is 1. The van der Waals surface area contributed by atoms with Gasteiger partial charge in [-0.15, -0.1) is 0 Å². The minimum atomic E-state index is -0.0336. The molecule has 0 saturated carbocycles. The maximum Gasteiger partial charge on any atom is 0.139 e. The molecule has 4 aromatic heterocycles. The van der Waals surface area contributed by atoms with Gasteiger partial charge in [-0.25, -0.2) is 9.97 Å². The second-order valence-corrected chi connectivity index (χ2v) is 11.8. The van der Waals surface area contributed by atoms with Gasteiger partial charge in [0.15, 0.2) is 0 Å². The van der Waals surface area contributed by atoms with E-state index in [1.54, 1.807) is 12.4 Å². The third-order valence-corrected chi connectivity index (χ3v) is 6.69. The summed E-state index contributed by atoms with van der Waals surface area (Å²) in [5.74, 6) is 1.55. The van der Waals surface area contributed by atoms with Crippen molar-refractivity contribution in [2.45, 2.75) is 52.4 Å². The molecule has 0 spiro atoms. The average Bonchev–Trinajstić information content (AvgIpc) is 2.93. The Morgan fingerprint density at radius 1 is 0.500 bits per heavy atom. The average molecular weight is 709 g/mol. The van der Waals surface area contributed by atoms with Crippen LogP contribution < -0.4 is 4.90 Å². The molecule has 0 bridgehead atoms. The van der Waals surface area contributed by atoms with E-state index in [1.165, 1.54) is 11.1 Å². The van der Waals surface area contributed by atoms with E-state index < -0.39 is 0 Å². The van der Waals surface area contributed by atoms with E-state index >= 15 is 0 Å². The predicted octanol–water partition coefficient (Wildman–Crippen LogP) is 8.66. The molecular weight excluding hydrogens is 673 g/mol. The first kappa shape index (κ1) is 29.3. The fourth-order valence-corrected chi connectivity index (χ4v) is 4.40. The zero-order chi connectivity index (χ0) is 27.6. The molecule has 0 unspecified atom stereocenters. The molecule has 5 rings (SSSR count). The molecule has 0 N–H and O–H groups in total. The molecule has 0 saturated heterocycles. The summed E-state index contributed by atoms with van der Waals surface area (Å²) in [5.41, 5.74) is 6.74. The SMILES string of the molecule is CC(C)(C)c1cc(N(c2cccc(-c3ccccn3)n2)c2cccc(-c3ccccn3)n2)cc(C(C)(C)C)c1.[Pt]. The molecule has 1 aromatic carbocycles. The maximum absolute atomic E-state index is 5.09. The molecule has 206 valence electrons. The third-order valence-electron chi connectivity index (χ3n) is 6.69. The summed E-state index contributed by atoms with van der Waals surface area (Å²) in [6, 6.07) is 30.7. The van der Waals surface area contributed by atoms with Gasteiger partial charge in [0.25, 0.3) is 0 Å². The molecule has 0 radical (unpaired) electrons. The zero-order valence-corrected chi connectivity index (χ0v) is 26.1. The van der Waals surface area contributed by atoms with Gasteiger partial charge < -0.3 is 0 Å². The second kappa shape index (κ2) is 11.8. The Kier molecular flexibility index (Phi) is 8.65. The van der Waals surface area contributed by atoms with Crippen molar-refractivity contribution in [3.63, 3.8) is 0 Å². The van der Waals surface area contributed by atoms with E-state index in [2.05, 4.69) is 74.6 Å². The van der Waals surface area contributed by atoms with Crippen molar-refractivity contribution in [2.75, 3.05) is 4.90 Å². The van der Waals surface area contributed by atoms with Crippen LogP contribution in [0.1, 0.15) is 52.7 Å². The van der Waals surface area contributed by atoms with Crippen LogP contribution in [0.2, 0.25) is 0 Å². The predicted molar refractivity (Wildman–Crippen MR) is 161 cm³/mol. The Hall–Kier alpha value is -3.69. The van der Waals surface area contributed by atoms with Crippen LogP contribution >= 0.6 is 0 Å². The Labute approximate surface area is 252 Å². The van der Waals surface area contributed by atoms with Crippen LogP contribution in [-0.2, 0) is 31.9 Å². The monoisotopic (exact) mass is 708 g/mol. The fourth-order valence-electron chi connectivity index (χ4n) is 4.40. The molecule has 6 heteroatoms. The summed E-state index contributed by atoms with van der Waals surface area (Å²) in [4.78, 5) is 21.4. The Bertz CT molecular complexity index is 1460. The van der Waals surface area contributed by atoms with Crippen molar-refractivity contribution in [2.24, 2.45) is 0 Å². The van der Waals surface area contributed by atoms with E-state index in [-0.39, 0.29) is 31.9 Å². The molecule has 5 nitrogen and oxygen atoms in total. The van der Waals surface area contributed by atoms with Gasteiger partial charge in [-0.05, 0) is 82.6 Å². The number of rotatable bonds is 5. The van der Waals surface area contributed by atoms with Crippen LogP contribution in [0, 0.1) is 0 Å². The van der Waals surface area contributed by atoms with Crippen molar-refractivity contribution in [3.05, 3.63) is 115 Å². The zero-order valence-electron chi connectivity index (χ0n) is 23.9. The molecule has 5 aromatic rings. The summed E-state index contributed by atoms with van der Waals surface area (Å²) in [7, 11) is 0. The topological polar surface area (TPSA) is 54.8 Å². The molecule has 0 atom stereocenters. The van der Waals surface area contributed by atoms with Crippen LogP contribution in [0.25, 0.3) is 22.8 Å². The molecule has 4 heterocycles. The minimum absolute atomic E-state index is 0. The van der Waals surface area contributed by atoms with Gasteiger partial charge in [-0.2, -0.15) is 0 Å². The number of hydrogen-bond acceptors (Lipinski definition) is 5. The van der Waals surface area contributed by atoms with Crippen LogP contribution in [0.15, 0.2) is 103 Å². The van der Waals surface area contributed by atoms with Crippen LogP contribution in [-0.4, -0.2) is 19.9 Å². The first-order chi connectivity index (χ1) is 18.6. The number of pyridine rings is 4.